The zero-order valence-corrected chi connectivity index (χ0v) is 14.2. The second-order valence-electron chi connectivity index (χ2n) is 4.15. The first-order valence-electron chi connectivity index (χ1n) is 7.83. The van der Waals surface area contributed by atoms with Crippen LogP contribution in [0.1, 0.15) is 73.6 Å². The summed E-state index contributed by atoms with van der Waals surface area (Å²) in [5.74, 6) is 1.00. The van der Waals surface area contributed by atoms with Crippen molar-refractivity contribution in [1.82, 2.24) is 0 Å². The average molecular weight is 276 g/mol. The maximum atomic E-state index is 8.18. The van der Waals surface area contributed by atoms with E-state index < -0.39 is 0 Å². The van der Waals surface area contributed by atoms with Crippen LogP contribution in [0.25, 0.3) is 0 Å². The molecule has 0 saturated carbocycles. The maximum Gasteiger partial charge on any atom is 0.129 e. The Morgan fingerprint density at radius 1 is 1.05 bits per heavy atom. The molecule has 0 N–H and O–H groups in total. The Morgan fingerprint density at radius 2 is 1.55 bits per heavy atom. The second kappa shape index (κ2) is 22.6. The number of unbranched alkanes of at least 4 members (excludes halogenated alkanes) is 1. The minimum atomic E-state index is 0.133. The maximum absolute atomic E-state index is 8.18. The molecule has 0 atom stereocenters. The monoisotopic (exact) mass is 276 g/mol. The van der Waals surface area contributed by atoms with E-state index in [0.29, 0.717) is 0 Å². The molecule has 0 aromatic rings. The van der Waals surface area contributed by atoms with Gasteiger partial charge in [-0.15, -0.1) is 0 Å². The van der Waals surface area contributed by atoms with Gasteiger partial charge in [0.25, 0.3) is 0 Å². The van der Waals surface area contributed by atoms with Gasteiger partial charge in [0.1, 0.15) is 17.7 Å². The van der Waals surface area contributed by atoms with Crippen LogP contribution in [0.5, 0.6) is 0 Å². The molecule has 0 spiro atoms. The Labute approximate surface area is 126 Å². The summed E-state index contributed by atoms with van der Waals surface area (Å²) < 4.78 is 0. The summed E-state index contributed by atoms with van der Waals surface area (Å²) in [5, 5.41) is 16.4. The van der Waals surface area contributed by atoms with E-state index in [2.05, 4.69) is 20.8 Å². The van der Waals surface area contributed by atoms with Crippen molar-refractivity contribution in [3.05, 3.63) is 23.8 Å². The van der Waals surface area contributed by atoms with Gasteiger partial charge in [-0.25, -0.2) is 0 Å². The molecule has 0 aliphatic heterocycles. The Balaban J connectivity index is -0.000000257. The van der Waals surface area contributed by atoms with Crippen LogP contribution in [0.4, 0.5) is 0 Å². The summed E-state index contributed by atoms with van der Waals surface area (Å²) in [4.78, 5) is 0. The predicted molar refractivity (Wildman–Crippen MR) is 89.1 cm³/mol. The van der Waals surface area contributed by atoms with E-state index in [1.165, 1.54) is 38.2 Å². The molecular weight excluding hydrogens is 244 g/mol. The van der Waals surface area contributed by atoms with Gasteiger partial charge >= 0.3 is 0 Å². The molecule has 0 fully saturated rings. The lowest BCUT2D eigenvalue weighted by atomic mass is 9.97. The zero-order valence-electron chi connectivity index (χ0n) is 14.2. The van der Waals surface area contributed by atoms with E-state index in [4.69, 9.17) is 10.5 Å². The van der Waals surface area contributed by atoms with Crippen LogP contribution in [-0.4, -0.2) is 0 Å². The summed E-state index contributed by atoms with van der Waals surface area (Å²) in [6, 6.07) is 3.47. The third-order valence-electron chi connectivity index (χ3n) is 2.82. The highest BCUT2D eigenvalue weighted by atomic mass is 14.3. The molecule has 0 radical (unpaired) electrons. The van der Waals surface area contributed by atoms with Crippen molar-refractivity contribution in [2.24, 2.45) is 5.92 Å². The van der Waals surface area contributed by atoms with Crippen molar-refractivity contribution in [2.75, 3.05) is 0 Å². The topological polar surface area (TPSA) is 47.6 Å². The first-order chi connectivity index (χ1) is 9.69. The molecule has 20 heavy (non-hydrogen) atoms. The van der Waals surface area contributed by atoms with Gasteiger partial charge in [0.05, 0.1) is 0 Å². The molecular formula is C18H32N2. The number of nitriles is 2. The fourth-order valence-electron chi connectivity index (χ4n) is 1.48. The summed E-state index contributed by atoms with van der Waals surface area (Å²) in [6.45, 7) is 12.7. The highest BCUT2D eigenvalue weighted by Crippen LogP contribution is 2.15. The Hall–Kier alpha value is -1.54. The van der Waals surface area contributed by atoms with Gasteiger partial charge in [-0.1, -0.05) is 78.9 Å². The number of rotatable bonds is 6. The van der Waals surface area contributed by atoms with E-state index in [1.807, 2.05) is 20.8 Å². The molecule has 0 saturated heterocycles. The van der Waals surface area contributed by atoms with E-state index >= 15 is 0 Å². The standard InChI is InChI=1S/C9H20.C7H6N2.C2H6/c1-4-7-8-9(5-2)6-3;1-2-3-4-7(5-8)6-9;1-2/h9H,4-8H2,1-3H3;2-4H,1H3;1-2H3/b;3-2+;. The van der Waals surface area contributed by atoms with E-state index in [9.17, 15) is 0 Å². The van der Waals surface area contributed by atoms with Gasteiger partial charge in [0, 0.05) is 0 Å². The van der Waals surface area contributed by atoms with Crippen molar-refractivity contribution < 1.29 is 0 Å². The lowest BCUT2D eigenvalue weighted by Gasteiger charge is -2.09. The van der Waals surface area contributed by atoms with E-state index in [0.717, 1.165) is 5.92 Å². The average Bonchev–Trinajstić information content (AvgIpc) is 2.52. The Bertz CT molecular complexity index is 293. The summed E-state index contributed by atoms with van der Waals surface area (Å²) >= 11 is 0. The largest absolute Gasteiger partial charge is 0.192 e. The van der Waals surface area contributed by atoms with Gasteiger partial charge in [-0.2, -0.15) is 10.5 Å². The van der Waals surface area contributed by atoms with Crippen LogP contribution in [0.3, 0.4) is 0 Å². The third kappa shape index (κ3) is 18.8. The third-order valence-corrected chi connectivity index (χ3v) is 2.82. The number of nitrogens with zero attached hydrogens (tertiary/aromatic N) is 2. The highest BCUT2D eigenvalue weighted by Gasteiger charge is 2.00. The van der Waals surface area contributed by atoms with Gasteiger partial charge in [0.15, 0.2) is 0 Å². The molecule has 0 unspecified atom stereocenters. The molecule has 0 aromatic heterocycles. The number of hydrogen-bond donors (Lipinski definition) is 0. The fourth-order valence-corrected chi connectivity index (χ4v) is 1.48. The molecule has 0 amide bonds. The van der Waals surface area contributed by atoms with Crippen LogP contribution in [0.2, 0.25) is 0 Å². The van der Waals surface area contributed by atoms with Crippen LogP contribution in [-0.2, 0) is 0 Å². The van der Waals surface area contributed by atoms with Gasteiger partial charge < -0.3 is 0 Å². The number of hydrogen-bond acceptors (Lipinski definition) is 2. The molecule has 2 heteroatoms. The SMILES string of the molecule is C/C=C/C=C(C#N)C#N.CC.CCCCC(CC)CC. The summed E-state index contributed by atoms with van der Waals surface area (Å²) in [6.07, 6.45) is 11.9. The van der Waals surface area contributed by atoms with Gasteiger partial charge in [-0.3, -0.25) is 0 Å². The normalized spacial score (nSPS) is 8.65. The molecule has 0 aromatic carbocycles. The van der Waals surface area contributed by atoms with Crippen molar-refractivity contribution in [3.63, 3.8) is 0 Å². The van der Waals surface area contributed by atoms with Crippen LogP contribution in [0.15, 0.2) is 23.8 Å². The predicted octanol–water partition coefficient (Wildman–Crippen LogP) is 6.18. The molecule has 0 aliphatic carbocycles. The first-order valence-corrected chi connectivity index (χ1v) is 7.83. The molecule has 0 heterocycles. The van der Waals surface area contributed by atoms with Crippen molar-refractivity contribution in [2.45, 2.75) is 73.6 Å². The molecule has 0 aliphatic rings. The van der Waals surface area contributed by atoms with Crippen molar-refractivity contribution in [3.8, 4) is 12.1 Å². The molecule has 0 rings (SSSR count). The number of allylic oxidation sites excluding steroid dienone is 4. The van der Waals surface area contributed by atoms with Gasteiger partial charge in [-0.05, 0) is 18.9 Å². The lowest BCUT2D eigenvalue weighted by molar-refractivity contribution is 0.438. The van der Waals surface area contributed by atoms with E-state index in [1.54, 1.807) is 24.3 Å². The van der Waals surface area contributed by atoms with Gasteiger partial charge in [0.2, 0.25) is 0 Å². The Kier molecular flexibility index (Phi) is 26.6. The fraction of sp³-hybridized carbons (Fsp3) is 0.667. The molecule has 0 bridgehead atoms. The minimum absolute atomic E-state index is 0.133. The Morgan fingerprint density at radius 3 is 1.85 bits per heavy atom. The first kappa shape index (κ1) is 23.5. The highest BCUT2D eigenvalue weighted by molar-refractivity contribution is 5.37. The molecule has 114 valence electrons. The minimum Gasteiger partial charge on any atom is -0.192 e. The van der Waals surface area contributed by atoms with Crippen molar-refractivity contribution >= 4 is 0 Å². The van der Waals surface area contributed by atoms with Crippen LogP contribution in [0, 0.1) is 28.6 Å². The quantitative estimate of drug-likeness (QED) is 0.430. The zero-order chi connectivity index (χ0) is 16.2. The van der Waals surface area contributed by atoms with E-state index in [-0.39, 0.29) is 5.57 Å². The summed E-state index contributed by atoms with van der Waals surface area (Å²) in [5.41, 5.74) is 0.133. The van der Waals surface area contributed by atoms with Crippen LogP contribution >= 0.6 is 0 Å². The summed E-state index contributed by atoms with van der Waals surface area (Å²) in [7, 11) is 0. The van der Waals surface area contributed by atoms with Crippen LogP contribution < -0.4 is 0 Å². The van der Waals surface area contributed by atoms with Crippen molar-refractivity contribution in [1.29, 1.82) is 10.5 Å². The second-order valence-corrected chi connectivity index (χ2v) is 4.15. The lowest BCUT2D eigenvalue weighted by Crippen LogP contribution is -1.95. The molecule has 2 nitrogen and oxygen atoms in total. The smallest absolute Gasteiger partial charge is 0.129 e.